The van der Waals surface area contributed by atoms with Crippen molar-refractivity contribution >= 4 is 0 Å². The molecule has 4 heteroatoms. The minimum atomic E-state index is 0.289. The maximum atomic E-state index is 5.65. The summed E-state index contributed by atoms with van der Waals surface area (Å²) in [4.78, 5) is 0. The van der Waals surface area contributed by atoms with Gasteiger partial charge in [-0.3, -0.25) is 0 Å². The predicted molar refractivity (Wildman–Crippen MR) is 76.7 cm³/mol. The molecule has 1 unspecified atom stereocenters. The Kier molecular flexibility index (Phi) is 5.63. The monoisotopic (exact) mass is 264 g/mol. The molecule has 1 aromatic carbocycles. The second-order valence-corrected chi connectivity index (χ2v) is 4.83. The lowest BCUT2D eigenvalue weighted by molar-refractivity contribution is 0.0290. The van der Waals surface area contributed by atoms with Crippen LogP contribution in [0, 0.1) is 0 Å². The molecular formula is C15H24N2O2. The van der Waals surface area contributed by atoms with E-state index >= 15 is 0 Å². The third kappa shape index (κ3) is 4.20. The van der Waals surface area contributed by atoms with Crippen LogP contribution in [0.2, 0.25) is 0 Å². The van der Waals surface area contributed by atoms with Crippen molar-refractivity contribution in [1.82, 2.24) is 10.6 Å². The molecular weight excluding hydrogens is 240 g/mol. The lowest BCUT2D eigenvalue weighted by Gasteiger charge is -2.23. The van der Waals surface area contributed by atoms with Crippen LogP contribution in [0.25, 0.3) is 0 Å². The summed E-state index contributed by atoms with van der Waals surface area (Å²) in [6, 6.07) is 6.38. The van der Waals surface area contributed by atoms with Gasteiger partial charge in [-0.15, -0.1) is 0 Å². The highest BCUT2D eigenvalue weighted by atomic mass is 16.5. The van der Waals surface area contributed by atoms with Crippen LogP contribution in [0.5, 0.6) is 5.75 Å². The van der Waals surface area contributed by atoms with E-state index in [1.165, 1.54) is 11.1 Å². The van der Waals surface area contributed by atoms with E-state index in [0.29, 0.717) is 0 Å². The maximum Gasteiger partial charge on any atom is 0.122 e. The molecule has 0 amide bonds. The van der Waals surface area contributed by atoms with E-state index in [4.69, 9.17) is 9.47 Å². The SMILES string of the molecule is CCc1cc(CNCC2CNCCO2)ccc1OC. The van der Waals surface area contributed by atoms with Crippen LogP contribution < -0.4 is 15.4 Å². The Labute approximate surface area is 115 Å². The summed E-state index contributed by atoms with van der Waals surface area (Å²) in [7, 11) is 1.72. The largest absolute Gasteiger partial charge is 0.496 e. The molecule has 106 valence electrons. The Morgan fingerprint density at radius 3 is 3.05 bits per heavy atom. The highest BCUT2D eigenvalue weighted by Gasteiger charge is 2.12. The number of benzene rings is 1. The fourth-order valence-corrected chi connectivity index (χ4v) is 2.35. The van der Waals surface area contributed by atoms with Crippen molar-refractivity contribution in [3.63, 3.8) is 0 Å². The van der Waals surface area contributed by atoms with Gasteiger partial charge in [-0.05, 0) is 23.6 Å². The van der Waals surface area contributed by atoms with Gasteiger partial charge in [-0.25, -0.2) is 0 Å². The predicted octanol–water partition coefficient (Wildman–Crippen LogP) is 1.34. The standard InChI is InChI=1S/C15H24N2O2/c1-3-13-8-12(4-5-15(13)18-2)9-17-11-14-10-16-6-7-19-14/h4-5,8,14,16-17H,3,6-7,9-11H2,1-2H3. The smallest absolute Gasteiger partial charge is 0.122 e. The number of methoxy groups -OCH3 is 1. The Hall–Kier alpha value is -1.10. The molecule has 1 aliphatic heterocycles. The number of morpholine rings is 1. The topological polar surface area (TPSA) is 42.5 Å². The van der Waals surface area contributed by atoms with Crippen LogP contribution >= 0.6 is 0 Å². The Morgan fingerprint density at radius 1 is 1.47 bits per heavy atom. The molecule has 2 N–H and O–H groups in total. The molecule has 0 aliphatic carbocycles. The summed E-state index contributed by atoms with van der Waals surface area (Å²) in [5.74, 6) is 0.978. The first-order chi connectivity index (χ1) is 9.33. The van der Waals surface area contributed by atoms with Crippen LogP contribution in [-0.2, 0) is 17.7 Å². The molecule has 1 aliphatic rings. The van der Waals surface area contributed by atoms with E-state index < -0.39 is 0 Å². The van der Waals surface area contributed by atoms with E-state index in [0.717, 1.165) is 45.0 Å². The molecule has 4 nitrogen and oxygen atoms in total. The van der Waals surface area contributed by atoms with Gasteiger partial charge in [0, 0.05) is 26.2 Å². The molecule has 1 atom stereocenters. The van der Waals surface area contributed by atoms with Gasteiger partial charge >= 0.3 is 0 Å². The van der Waals surface area contributed by atoms with E-state index in [1.807, 2.05) is 0 Å². The van der Waals surface area contributed by atoms with Gasteiger partial charge in [-0.2, -0.15) is 0 Å². The highest BCUT2D eigenvalue weighted by Crippen LogP contribution is 2.20. The van der Waals surface area contributed by atoms with Gasteiger partial charge in [0.2, 0.25) is 0 Å². The van der Waals surface area contributed by atoms with Crippen LogP contribution in [0.3, 0.4) is 0 Å². The van der Waals surface area contributed by atoms with Crippen molar-refractivity contribution in [2.45, 2.75) is 26.0 Å². The molecule has 1 heterocycles. The average molecular weight is 264 g/mol. The van der Waals surface area contributed by atoms with Crippen molar-refractivity contribution in [3.8, 4) is 5.75 Å². The minimum Gasteiger partial charge on any atom is -0.496 e. The zero-order valence-electron chi connectivity index (χ0n) is 11.9. The van der Waals surface area contributed by atoms with Gasteiger partial charge in [0.15, 0.2) is 0 Å². The van der Waals surface area contributed by atoms with E-state index in [9.17, 15) is 0 Å². The van der Waals surface area contributed by atoms with Gasteiger partial charge in [0.1, 0.15) is 5.75 Å². The Balaban J connectivity index is 1.81. The molecule has 0 bridgehead atoms. The molecule has 19 heavy (non-hydrogen) atoms. The van der Waals surface area contributed by atoms with Crippen LogP contribution in [0.15, 0.2) is 18.2 Å². The molecule has 1 fully saturated rings. The Morgan fingerprint density at radius 2 is 2.37 bits per heavy atom. The summed E-state index contributed by atoms with van der Waals surface area (Å²) >= 11 is 0. The van der Waals surface area contributed by atoms with Gasteiger partial charge in [0.25, 0.3) is 0 Å². The third-order valence-electron chi connectivity index (χ3n) is 3.43. The van der Waals surface area contributed by atoms with Crippen molar-refractivity contribution in [2.24, 2.45) is 0 Å². The molecule has 0 saturated carbocycles. The lowest BCUT2D eigenvalue weighted by Crippen LogP contribution is -2.43. The van der Waals surface area contributed by atoms with Crippen molar-refractivity contribution < 1.29 is 9.47 Å². The summed E-state index contributed by atoms with van der Waals surface area (Å²) < 4.78 is 11.0. The highest BCUT2D eigenvalue weighted by molar-refractivity contribution is 5.37. The van der Waals surface area contributed by atoms with Crippen LogP contribution in [0.1, 0.15) is 18.1 Å². The number of hydrogen-bond acceptors (Lipinski definition) is 4. The van der Waals surface area contributed by atoms with E-state index in [-0.39, 0.29) is 6.10 Å². The summed E-state index contributed by atoms with van der Waals surface area (Å²) in [5, 5.41) is 6.79. The van der Waals surface area contributed by atoms with Gasteiger partial charge in [-0.1, -0.05) is 19.1 Å². The third-order valence-corrected chi connectivity index (χ3v) is 3.43. The number of aryl methyl sites for hydroxylation is 1. The van der Waals surface area contributed by atoms with E-state index in [2.05, 4.69) is 35.8 Å². The molecule has 1 saturated heterocycles. The molecule has 0 aromatic heterocycles. The van der Waals surface area contributed by atoms with Gasteiger partial charge in [0.05, 0.1) is 19.8 Å². The van der Waals surface area contributed by atoms with Crippen molar-refractivity contribution in [3.05, 3.63) is 29.3 Å². The second-order valence-electron chi connectivity index (χ2n) is 4.83. The fraction of sp³-hybridized carbons (Fsp3) is 0.600. The second kappa shape index (κ2) is 7.48. The molecule has 0 radical (unpaired) electrons. The van der Waals surface area contributed by atoms with Crippen molar-refractivity contribution in [1.29, 1.82) is 0 Å². The minimum absolute atomic E-state index is 0.289. The first kappa shape index (κ1) is 14.3. The maximum absolute atomic E-state index is 5.65. The molecule has 0 spiro atoms. The van der Waals surface area contributed by atoms with Crippen molar-refractivity contribution in [2.75, 3.05) is 33.4 Å². The van der Waals surface area contributed by atoms with Gasteiger partial charge < -0.3 is 20.1 Å². The molecule has 2 rings (SSSR count). The van der Waals surface area contributed by atoms with E-state index in [1.54, 1.807) is 7.11 Å². The quantitative estimate of drug-likeness (QED) is 0.813. The number of hydrogen-bond donors (Lipinski definition) is 2. The first-order valence-corrected chi connectivity index (χ1v) is 7.02. The van der Waals surface area contributed by atoms with Crippen LogP contribution in [0.4, 0.5) is 0 Å². The fourth-order valence-electron chi connectivity index (χ4n) is 2.35. The molecule has 1 aromatic rings. The number of ether oxygens (including phenoxy) is 2. The zero-order chi connectivity index (χ0) is 13.5. The normalized spacial score (nSPS) is 19.4. The number of rotatable bonds is 6. The lowest BCUT2D eigenvalue weighted by atomic mass is 10.1. The van der Waals surface area contributed by atoms with Crippen LogP contribution in [-0.4, -0.2) is 39.5 Å². The first-order valence-electron chi connectivity index (χ1n) is 7.02. The summed E-state index contributed by atoms with van der Waals surface area (Å²) in [6.45, 7) is 6.63. The zero-order valence-corrected chi connectivity index (χ0v) is 11.9. The Bertz CT molecular complexity index is 390. The summed E-state index contributed by atoms with van der Waals surface area (Å²) in [6.07, 6.45) is 1.28. The summed E-state index contributed by atoms with van der Waals surface area (Å²) in [5.41, 5.74) is 2.55. The average Bonchev–Trinajstić information content (AvgIpc) is 2.48. The number of nitrogens with one attached hydrogen (secondary N) is 2.